The van der Waals surface area contributed by atoms with Gasteiger partial charge in [-0.3, -0.25) is 0 Å². The highest BCUT2D eigenvalue weighted by atomic mass is 14.9. The third-order valence-electron chi connectivity index (χ3n) is 1.28. The predicted molar refractivity (Wildman–Crippen MR) is 34.6 cm³/mol. The molecule has 46 valence electrons. The van der Waals surface area contributed by atoms with E-state index in [1.807, 2.05) is 0 Å². The second kappa shape index (κ2) is 2.29. The first-order valence-electron chi connectivity index (χ1n) is 2.92. The Labute approximate surface area is 49.8 Å². The normalized spacial score (nSPS) is 29.8. The lowest BCUT2D eigenvalue weighted by Crippen LogP contribution is -2.37. The van der Waals surface area contributed by atoms with Gasteiger partial charge in [0, 0.05) is 19.1 Å². The van der Waals surface area contributed by atoms with E-state index in [1.54, 1.807) is 0 Å². The Morgan fingerprint density at radius 2 is 2.62 bits per heavy atom. The van der Waals surface area contributed by atoms with Gasteiger partial charge < -0.3 is 11.1 Å². The molecule has 8 heavy (non-hydrogen) atoms. The molecule has 0 saturated carbocycles. The summed E-state index contributed by atoms with van der Waals surface area (Å²) in [5, 5.41) is 3.19. The third-order valence-corrected chi connectivity index (χ3v) is 1.28. The van der Waals surface area contributed by atoms with Gasteiger partial charge in [-0.15, -0.1) is 0 Å². The number of hydrogen-bond donors (Lipinski definition) is 2. The summed E-state index contributed by atoms with van der Waals surface area (Å²) in [7, 11) is 0. The monoisotopic (exact) mass is 112 g/mol. The van der Waals surface area contributed by atoms with Gasteiger partial charge in [0.2, 0.25) is 0 Å². The van der Waals surface area contributed by atoms with Crippen LogP contribution in [0.25, 0.3) is 0 Å². The Morgan fingerprint density at radius 3 is 3.00 bits per heavy atom. The molecule has 0 aromatic heterocycles. The average Bonchev–Trinajstić information content (AvgIpc) is 1.64. The lowest BCUT2D eigenvalue weighted by Gasteiger charge is -2.15. The number of hydrogen-bond acceptors (Lipinski definition) is 2. The van der Waals surface area contributed by atoms with E-state index in [0.717, 1.165) is 13.1 Å². The molecule has 1 aliphatic rings. The molecule has 1 rings (SSSR count). The molecule has 2 heteroatoms. The van der Waals surface area contributed by atoms with Crippen molar-refractivity contribution in [1.29, 1.82) is 0 Å². The molecule has 0 saturated heterocycles. The van der Waals surface area contributed by atoms with Crippen molar-refractivity contribution in [2.45, 2.75) is 13.0 Å². The smallest absolute Gasteiger partial charge is 0.0354 e. The molecule has 0 aromatic carbocycles. The first kappa shape index (κ1) is 5.79. The highest BCUT2D eigenvalue weighted by molar-refractivity contribution is 5.09. The fourth-order valence-corrected chi connectivity index (χ4v) is 0.919. The molecule has 0 amide bonds. The summed E-state index contributed by atoms with van der Waals surface area (Å²) in [5.74, 6) is 0. The van der Waals surface area contributed by atoms with Crippen molar-refractivity contribution in [1.82, 2.24) is 5.32 Å². The van der Waals surface area contributed by atoms with Crippen LogP contribution in [0.3, 0.4) is 0 Å². The van der Waals surface area contributed by atoms with Gasteiger partial charge in [-0.05, 0) is 6.92 Å². The molecule has 0 aliphatic carbocycles. The molecule has 1 heterocycles. The van der Waals surface area contributed by atoms with E-state index in [0.29, 0.717) is 0 Å². The van der Waals surface area contributed by atoms with Crippen molar-refractivity contribution in [2.75, 3.05) is 13.1 Å². The van der Waals surface area contributed by atoms with Crippen LogP contribution in [-0.4, -0.2) is 19.1 Å². The largest absolute Gasteiger partial charge is 0.323 e. The zero-order valence-electron chi connectivity index (χ0n) is 5.15. The molecular formula is C6H12N2. The van der Waals surface area contributed by atoms with E-state index in [1.165, 1.54) is 5.57 Å². The molecule has 3 N–H and O–H groups in total. The van der Waals surface area contributed by atoms with E-state index in [4.69, 9.17) is 5.73 Å². The SMILES string of the molecule is CC1=CC(N)CNC1. The maximum atomic E-state index is 5.59. The highest BCUT2D eigenvalue weighted by Crippen LogP contribution is 1.96. The van der Waals surface area contributed by atoms with Crippen LogP contribution in [0.4, 0.5) is 0 Å². The van der Waals surface area contributed by atoms with Crippen LogP contribution in [0, 0.1) is 0 Å². The summed E-state index contributed by atoms with van der Waals surface area (Å²) < 4.78 is 0. The lowest BCUT2D eigenvalue weighted by molar-refractivity contribution is 0.635. The van der Waals surface area contributed by atoms with Crippen LogP contribution in [-0.2, 0) is 0 Å². The fraction of sp³-hybridized carbons (Fsp3) is 0.667. The zero-order chi connectivity index (χ0) is 5.98. The van der Waals surface area contributed by atoms with Crippen molar-refractivity contribution < 1.29 is 0 Å². The van der Waals surface area contributed by atoms with E-state index in [9.17, 15) is 0 Å². The molecule has 0 spiro atoms. The van der Waals surface area contributed by atoms with Crippen molar-refractivity contribution in [3.63, 3.8) is 0 Å². The minimum atomic E-state index is 0.240. The van der Waals surface area contributed by atoms with Crippen LogP contribution in [0.1, 0.15) is 6.92 Å². The highest BCUT2D eigenvalue weighted by Gasteiger charge is 2.03. The molecule has 0 fully saturated rings. The van der Waals surface area contributed by atoms with Crippen LogP contribution >= 0.6 is 0 Å². The van der Waals surface area contributed by atoms with Gasteiger partial charge in [0.15, 0.2) is 0 Å². The van der Waals surface area contributed by atoms with Crippen molar-refractivity contribution in [2.24, 2.45) is 5.73 Å². The summed E-state index contributed by atoms with van der Waals surface area (Å²) in [6, 6.07) is 0.240. The van der Waals surface area contributed by atoms with Crippen LogP contribution in [0.15, 0.2) is 11.6 Å². The Balaban J connectivity index is 2.50. The van der Waals surface area contributed by atoms with Crippen LogP contribution in [0.5, 0.6) is 0 Å². The maximum absolute atomic E-state index is 5.59. The molecule has 0 bridgehead atoms. The molecule has 0 aromatic rings. The molecule has 1 aliphatic heterocycles. The van der Waals surface area contributed by atoms with Gasteiger partial charge in [-0.2, -0.15) is 0 Å². The van der Waals surface area contributed by atoms with E-state index in [-0.39, 0.29) is 6.04 Å². The number of rotatable bonds is 0. The minimum absolute atomic E-state index is 0.240. The molecule has 1 unspecified atom stereocenters. The molecule has 0 radical (unpaired) electrons. The molecule has 2 nitrogen and oxygen atoms in total. The first-order chi connectivity index (χ1) is 3.79. The van der Waals surface area contributed by atoms with Crippen LogP contribution in [0.2, 0.25) is 0 Å². The third kappa shape index (κ3) is 1.32. The Morgan fingerprint density at radius 1 is 1.88 bits per heavy atom. The van der Waals surface area contributed by atoms with Gasteiger partial charge in [0.25, 0.3) is 0 Å². The number of nitrogens with two attached hydrogens (primary N) is 1. The summed E-state index contributed by atoms with van der Waals surface area (Å²) in [4.78, 5) is 0. The summed E-state index contributed by atoms with van der Waals surface area (Å²) in [6.07, 6.45) is 2.11. The van der Waals surface area contributed by atoms with E-state index < -0.39 is 0 Å². The second-order valence-electron chi connectivity index (χ2n) is 2.31. The standard InChI is InChI=1S/C6H12N2/c1-5-2-6(7)4-8-3-5/h2,6,8H,3-4,7H2,1H3. The Kier molecular flexibility index (Phi) is 1.65. The van der Waals surface area contributed by atoms with E-state index >= 15 is 0 Å². The van der Waals surface area contributed by atoms with Crippen molar-refractivity contribution in [3.8, 4) is 0 Å². The van der Waals surface area contributed by atoms with Gasteiger partial charge in [-0.25, -0.2) is 0 Å². The second-order valence-corrected chi connectivity index (χ2v) is 2.31. The van der Waals surface area contributed by atoms with Gasteiger partial charge in [0.1, 0.15) is 0 Å². The average molecular weight is 112 g/mol. The number of nitrogens with one attached hydrogen (secondary N) is 1. The fourth-order valence-electron chi connectivity index (χ4n) is 0.919. The first-order valence-corrected chi connectivity index (χ1v) is 2.92. The lowest BCUT2D eigenvalue weighted by atomic mass is 10.1. The minimum Gasteiger partial charge on any atom is -0.323 e. The Hall–Kier alpha value is -0.340. The van der Waals surface area contributed by atoms with Gasteiger partial charge in [-0.1, -0.05) is 11.6 Å². The van der Waals surface area contributed by atoms with Crippen molar-refractivity contribution >= 4 is 0 Å². The summed E-state index contributed by atoms with van der Waals surface area (Å²) in [6.45, 7) is 4.02. The topological polar surface area (TPSA) is 38.0 Å². The van der Waals surface area contributed by atoms with Gasteiger partial charge >= 0.3 is 0 Å². The Bertz CT molecular complexity index is 107. The summed E-state index contributed by atoms with van der Waals surface area (Å²) in [5.41, 5.74) is 6.94. The molecule has 1 atom stereocenters. The molecular weight excluding hydrogens is 100 g/mol. The van der Waals surface area contributed by atoms with E-state index in [2.05, 4.69) is 18.3 Å². The quantitative estimate of drug-likeness (QED) is 0.428. The summed E-state index contributed by atoms with van der Waals surface area (Å²) >= 11 is 0. The van der Waals surface area contributed by atoms with Crippen molar-refractivity contribution in [3.05, 3.63) is 11.6 Å². The predicted octanol–water partition coefficient (Wildman–Crippen LogP) is -0.137. The maximum Gasteiger partial charge on any atom is 0.0354 e. The van der Waals surface area contributed by atoms with Crippen LogP contribution < -0.4 is 11.1 Å². The zero-order valence-corrected chi connectivity index (χ0v) is 5.15. The van der Waals surface area contributed by atoms with Gasteiger partial charge in [0.05, 0.1) is 0 Å².